The Morgan fingerprint density at radius 1 is 1.18 bits per heavy atom. The Balaban J connectivity index is 1.37. The number of piperidine rings is 1. The highest BCUT2D eigenvalue weighted by Crippen LogP contribution is 2.39. The van der Waals surface area contributed by atoms with Crippen molar-refractivity contribution < 1.29 is 23.4 Å². The van der Waals surface area contributed by atoms with E-state index in [1.807, 2.05) is 0 Å². The second kappa shape index (κ2) is 12.3. The molecule has 0 unspecified atom stereocenters. The minimum Gasteiger partial charge on any atom is -0.493 e. The summed E-state index contributed by atoms with van der Waals surface area (Å²) >= 11 is 0. The third-order valence-electron chi connectivity index (χ3n) is 7.02. The lowest BCUT2D eigenvalue weighted by molar-refractivity contribution is -0.118. The molecule has 0 saturated carbocycles. The quantitative estimate of drug-likeness (QED) is 0.272. The molecule has 2 aromatic heterocycles. The van der Waals surface area contributed by atoms with Gasteiger partial charge in [0.1, 0.15) is 24.4 Å². The van der Waals surface area contributed by atoms with Gasteiger partial charge in [-0.3, -0.25) is 14.4 Å². The number of aliphatic hydroxyl groups excluding tert-OH is 1. The Morgan fingerprint density at radius 2 is 2.00 bits per heavy atom. The molecule has 1 amide bonds. The zero-order chi connectivity index (χ0) is 28.1. The predicted octanol–water partition coefficient (Wildman–Crippen LogP) is 3.53. The number of benzene rings is 2. The zero-order valence-electron chi connectivity index (χ0n) is 21.9. The van der Waals surface area contributed by atoms with Crippen LogP contribution in [0.25, 0.3) is 10.9 Å². The van der Waals surface area contributed by atoms with Crippen molar-refractivity contribution in [3.63, 3.8) is 0 Å². The molecule has 1 saturated heterocycles. The van der Waals surface area contributed by atoms with Gasteiger partial charge in [0.05, 0.1) is 29.7 Å². The third-order valence-corrected chi connectivity index (χ3v) is 7.02. The van der Waals surface area contributed by atoms with Gasteiger partial charge in [0.2, 0.25) is 5.91 Å². The molecular weight excluding hydrogens is 520 g/mol. The Hall–Kier alpha value is -4.16. The standard InChI is InChI=1S/C28H31F2N7O3/c29-23-3-1-4-25(27(23)30)37(20-14-34-36(15-20)16-26(31)39)28-22-6-5-21(13-24(22)32-18-33-28)40-12-2-9-35-10-7-19(17-38)8-11-35/h1,3-6,13-15,18-19,38H,2,7-12,16-17H2,(H2,31,39). The molecule has 0 spiro atoms. The van der Waals surface area contributed by atoms with Gasteiger partial charge in [-0.1, -0.05) is 6.07 Å². The molecule has 3 N–H and O–H groups in total. The van der Waals surface area contributed by atoms with Crippen molar-refractivity contribution in [2.24, 2.45) is 11.7 Å². The van der Waals surface area contributed by atoms with Gasteiger partial charge in [-0.25, -0.2) is 18.7 Å². The van der Waals surface area contributed by atoms with Crippen molar-refractivity contribution in [2.45, 2.75) is 25.8 Å². The van der Waals surface area contributed by atoms with Crippen LogP contribution in [0.1, 0.15) is 19.3 Å². The second-order valence-electron chi connectivity index (χ2n) is 9.82. The van der Waals surface area contributed by atoms with E-state index in [0.717, 1.165) is 45.0 Å². The number of ether oxygens (including phenoxy) is 1. The highest BCUT2D eigenvalue weighted by molar-refractivity contribution is 5.95. The van der Waals surface area contributed by atoms with Crippen LogP contribution in [-0.4, -0.2) is 68.5 Å². The summed E-state index contributed by atoms with van der Waals surface area (Å²) in [6.07, 6.45) is 7.17. The van der Waals surface area contributed by atoms with Crippen molar-refractivity contribution in [1.29, 1.82) is 0 Å². The number of aromatic nitrogens is 4. The van der Waals surface area contributed by atoms with E-state index in [0.29, 0.717) is 40.7 Å². The smallest absolute Gasteiger partial charge is 0.239 e. The van der Waals surface area contributed by atoms with E-state index in [1.165, 1.54) is 40.4 Å². The summed E-state index contributed by atoms with van der Waals surface area (Å²) in [6, 6.07) is 9.22. The number of nitrogens with zero attached hydrogens (tertiary/aromatic N) is 6. The molecule has 40 heavy (non-hydrogen) atoms. The number of aliphatic hydroxyl groups is 1. The van der Waals surface area contributed by atoms with E-state index in [4.69, 9.17) is 10.5 Å². The van der Waals surface area contributed by atoms with E-state index in [1.54, 1.807) is 18.2 Å². The molecule has 0 radical (unpaired) electrons. The molecule has 10 nitrogen and oxygen atoms in total. The number of carbonyl (C=O) groups excluding carboxylic acids is 1. The summed E-state index contributed by atoms with van der Waals surface area (Å²) in [6.45, 7) is 3.53. The van der Waals surface area contributed by atoms with Crippen LogP contribution in [0.5, 0.6) is 5.75 Å². The highest BCUT2D eigenvalue weighted by atomic mass is 19.2. The molecule has 4 aromatic rings. The first-order chi connectivity index (χ1) is 19.4. The van der Waals surface area contributed by atoms with Crippen LogP contribution in [0.4, 0.5) is 26.0 Å². The minimum atomic E-state index is -1.06. The van der Waals surface area contributed by atoms with Crippen LogP contribution in [-0.2, 0) is 11.3 Å². The van der Waals surface area contributed by atoms with Crippen molar-refractivity contribution in [3.05, 3.63) is 66.8 Å². The molecule has 3 heterocycles. The SMILES string of the molecule is NC(=O)Cn1cc(N(c2cccc(F)c2F)c2ncnc3cc(OCCCN4CCC(CO)CC4)ccc23)cn1. The van der Waals surface area contributed by atoms with Crippen LogP contribution >= 0.6 is 0 Å². The maximum absolute atomic E-state index is 15.1. The Labute approximate surface area is 230 Å². The average Bonchev–Trinajstić information content (AvgIpc) is 3.41. The minimum absolute atomic E-state index is 0.0815. The van der Waals surface area contributed by atoms with Gasteiger partial charge in [0, 0.05) is 30.8 Å². The van der Waals surface area contributed by atoms with Crippen molar-refractivity contribution in [1.82, 2.24) is 24.6 Å². The fourth-order valence-corrected chi connectivity index (χ4v) is 4.92. The first-order valence-electron chi connectivity index (χ1n) is 13.2. The first-order valence-corrected chi connectivity index (χ1v) is 13.2. The second-order valence-corrected chi connectivity index (χ2v) is 9.82. The molecule has 1 fully saturated rings. The largest absolute Gasteiger partial charge is 0.493 e. The lowest BCUT2D eigenvalue weighted by Crippen LogP contribution is -2.35. The van der Waals surface area contributed by atoms with Gasteiger partial charge in [-0.15, -0.1) is 0 Å². The molecule has 0 bridgehead atoms. The van der Waals surface area contributed by atoms with Crippen molar-refractivity contribution >= 4 is 34.0 Å². The number of likely N-dealkylation sites (tertiary alicyclic amines) is 1. The number of nitrogens with two attached hydrogens (primary N) is 1. The van der Waals surface area contributed by atoms with E-state index >= 15 is 4.39 Å². The highest BCUT2D eigenvalue weighted by Gasteiger charge is 2.24. The van der Waals surface area contributed by atoms with Crippen LogP contribution in [0.2, 0.25) is 0 Å². The number of amides is 1. The molecule has 0 atom stereocenters. The molecule has 210 valence electrons. The average molecular weight is 552 g/mol. The number of anilines is 3. The summed E-state index contributed by atoms with van der Waals surface area (Å²) < 4.78 is 36.6. The van der Waals surface area contributed by atoms with Crippen molar-refractivity contribution in [3.8, 4) is 5.75 Å². The van der Waals surface area contributed by atoms with Gasteiger partial charge in [-0.2, -0.15) is 5.10 Å². The van der Waals surface area contributed by atoms with E-state index in [-0.39, 0.29) is 18.8 Å². The maximum Gasteiger partial charge on any atom is 0.239 e. The predicted molar refractivity (Wildman–Crippen MR) is 145 cm³/mol. The Bertz CT molecular complexity index is 1470. The lowest BCUT2D eigenvalue weighted by Gasteiger charge is -2.30. The number of fused-ring (bicyclic) bond motifs is 1. The number of primary amides is 1. The van der Waals surface area contributed by atoms with Crippen LogP contribution in [0.15, 0.2) is 55.1 Å². The molecule has 1 aliphatic heterocycles. The number of hydrogen-bond donors (Lipinski definition) is 2. The fourth-order valence-electron chi connectivity index (χ4n) is 4.92. The fraction of sp³-hybridized carbons (Fsp3) is 0.357. The molecular formula is C28H31F2N7O3. The summed E-state index contributed by atoms with van der Waals surface area (Å²) in [5.74, 6) is -1.32. The van der Waals surface area contributed by atoms with Gasteiger partial charge < -0.3 is 20.5 Å². The lowest BCUT2D eigenvalue weighted by atomic mass is 9.98. The van der Waals surface area contributed by atoms with Gasteiger partial charge in [-0.05, 0) is 62.5 Å². The summed E-state index contributed by atoms with van der Waals surface area (Å²) in [5.41, 5.74) is 6.12. The zero-order valence-corrected chi connectivity index (χ0v) is 21.9. The monoisotopic (exact) mass is 551 g/mol. The number of rotatable bonds is 11. The molecule has 5 rings (SSSR count). The Morgan fingerprint density at radius 3 is 2.77 bits per heavy atom. The topological polar surface area (TPSA) is 123 Å². The summed E-state index contributed by atoms with van der Waals surface area (Å²) in [5, 5.41) is 14.0. The number of halogens is 2. The molecule has 2 aromatic carbocycles. The Kier molecular flexibility index (Phi) is 8.46. The summed E-state index contributed by atoms with van der Waals surface area (Å²) in [7, 11) is 0. The van der Waals surface area contributed by atoms with Crippen LogP contribution in [0.3, 0.4) is 0 Å². The van der Waals surface area contributed by atoms with E-state index in [9.17, 15) is 14.3 Å². The molecule has 0 aliphatic carbocycles. The maximum atomic E-state index is 15.1. The summed E-state index contributed by atoms with van der Waals surface area (Å²) in [4.78, 5) is 24.0. The first kappa shape index (κ1) is 27.4. The van der Waals surface area contributed by atoms with Crippen LogP contribution < -0.4 is 15.4 Å². The number of carbonyl (C=O) groups is 1. The van der Waals surface area contributed by atoms with Crippen molar-refractivity contribution in [2.75, 3.05) is 37.7 Å². The third kappa shape index (κ3) is 6.18. The van der Waals surface area contributed by atoms with E-state index in [2.05, 4.69) is 20.0 Å². The van der Waals surface area contributed by atoms with Crippen LogP contribution in [0, 0.1) is 17.6 Å². The van der Waals surface area contributed by atoms with Gasteiger partial charge in [0.15, 0.2) is 11.6 Å². The van der Waals surface area contributed by atoms with Gasteiger partial charge in [0.25, 0.3) is 0 Å². The normalized spacial score (nSPS) is 14.5. The van der Waals surface area contributed by atoms with Gasteiger partial charge >= 0.3 is 0 Å². The molecule has 12 heteroatoms. The van der Waals surface area contributed by atoms with E-state index < -0.39 is 17.5 Å². The molecule has 1 aliphatic rings. The number of hydrogen-bond acceptors (Lipinski definition) is 8.